The smallest absolute Gasteiger partial charge is 0.408 e. The van der Waals surface area contributed by atoms with E-state index in [0.29, 0.717) is 12.0 Å². The molecule has 0 aliphatic rings. The standard InChI is InChI=1S/C31H52N4O5/c1-10-11-12-13-14-15-18-35(28(38)24(20-25(32)36)33-29(39)40-31(7,8)9)26(27(37)34-30(4,5)6)23-17-16-21(2)22(3)19-23/h16-17,19,24,26H,10-15,18,20H2,1-9H3,(H2,32,36)(H,33,39)(H,34,37). The molecule has 2 atom stereocenters. The molecule has 2 unspecified atom stereocenters. The van der Waals surface area contributed by atoms with Gasteiger partial charge in [0.25, 0.3) is 0 Å². The van der Waals surface area contributed by atoms with Crippen molar-refractivity contribution < 1.29 is 23.9 Å². The van der Waals surface area contributed by atoms with Gasteiger partial charge >= 0.3 is 6.09 Å². The van der Waals surface area contributed by atoms with Crippen LogP contribution in [0.25, 0.3) is 0 Å². The minimum Gasteiger partial charge on any atom is -0.444 e. The Bertz CT molecular complexity index is 1010. The quantitative estimate of drug-likeness (QED) is 0.269. The lowest BCUT2D eigenvalue weighted by Crippen LogP contribution is -2.55. The highest BCUT2D eigenvalue weighted by Gasteiger charge is 2.37. The van der Waals surface area contributed by atoms with Crippen LogP contribution in [0.1, 0.15) is 116 Å². The van der Waals surface area contributed by atoms with Gasteiger partial charge in [0.05, 0.1) is 6.42 Å². The van der Waals surface area contributed by atoms with E-state index in [1.165, 1.54) is 4.90 Å². The number of aryl methyl sites for hydroxylation is 2. The van der Waals surface area contributed by atoms with Crippen molar-refractivity contribution in [2.75, 3.05) is 6.54 Å². The molecular formula is C31H52N4O5. The second-order valence-electron chi connectivity index (χ2n) is 12.7. The van der Waals surface area contributed by atoms with E-state index in [1.54, 1.807) is 20.8 Å². The first-order valence-electron chi connectivity index (χ1n) is 14.4. The van der Waals surface area contributed by atoms with Crippen LogP contribution in [0, 0.1) is 13.8 Å². The van der Waals surface area contributed by atoms with Gasteiger partial charge in [-0.2, -0.15) is 0 Å². The Morgan fingerprint density at radius 2 is 1.52 bits per heavy atom. The van der Waals surface area contributed by atoms with E-state index >= 15 is 0 Å². The van der Waals surface area contributed by atoms with Crippen molar-refractivity contribution in [3.8, 4) is 0 Å². The largest absolute Gasteiger partial charge is 0.444 e. The molecule has 0 aromatic heterocycles. The molecule has 1 aromatic carbocycles. The summed E-state index contributed by atoms with van der Waals surface area (Å²) < 4.78 is 5.35. The van der Waals surface area contributed by atoms with E-state index < -0.39 is 47.6 Å². The molecule has 0 aliphatic carbocycles. The number of primary amides is 1. The van der Waals surface area contributed by atoms with Crippen LogP contribution in [-0.4, -0.2) is 52.4 Å². The zero-order valence-electron chi connectivity index (χ0n) is 26.1. The van der Waals surface area contributed by atoms with Gasteiger partial charge in [-0.25, -0.2) is 4.79 Å². The molecular weight excluding hydrogens is 508 g/mol. The fourth-order valence-electron chi connectivity index (χ4n) is 4.33. The Balaban J connectivity index is 3.54. The van der Waals surface area contributed by atoms with Gasteiger partial charge in [-0.3, -0.25) is 14.4 Å². The van der Waals surface area contributed by atoms with E-state index in [-0.39, 0.29) is 12.5 Å². The van der Waals surface area contributed by atoms with Gasteiger partial charge in [0.1, 0.15) is 17.7 Å². The van der Waals surface area contributed by atoms with Gasteiger partial charge in [0.15, 0.2) is 0 Å². The predicted octanol–water partition coefficient (Wildman–Crippen LogP) is 5.22. The normalized spacial score (nSPS) is 13.2. The maximum absolute atomic E-state index is 14.2. The number of carbonyl (C=O) groups is 4. The van der Waals surface area contributed by atoms with Crippen LogP contribution in [-0.2, 0) is 19.1 Å². The number of nitrogens with two attached hydrogens (primary N) is 1. The fourth-order valence-corrected chi connectivity index (χ4v) is 4.33. The Hall–Kier alpha value is -3.10. The summed E-state index contributed by atoms with van der Waals surface area (Å²) in [4.78, 5) is 54.1. The molecule has 0 heterocycles. The number of hydrogen-bond donors (Lipinski definition) is 3. The highest BCUT2D eigenvalue weighted by atomic mass is 16.6. The lowest BCUT2D eigenvalue weighted by Gasteiger charge is -2.36. The van der Waals surface area contributed by atoms with Crippen LogP contribution in [0.5, 0.6) is 0 Å². The minimum absolute atomic E-state index is 0.269. The molecule has 1 aromatic rings. The van der Waals surface area contributed by atoms with E-state index in [1.807, 2.05) is 52.8 Å². The minimum atomic E-state index is -1.29. The average Bonchev–Trinajstić information content (AvgIpc) is 2.79. The van der Waals surface area contributed by atoms with Crippen LogP contribution >= 0.6 is 0 Å². The Morgan fingerprint density at radius 1 is 0.925 bits per heavy atom. The van der Waals surface area contributed by atoms with E-state index in [4.69, 9.17) is 10.5 Å². The Labute approximate surface area is 241 Å². The first-order chi connectivity index (χ1) is 18.4. The van der Waals surface area contributed by atoms with Crippen molar-refractivity contribution in [3.05, 3.63) is 34.9 Å². The summed E-state index contributed by atoms with van der Waals surface area (Å²) in [6.45, 7) is 17.1. The average molecular weight is 561 g/mol. The van der Waals surface area contributed by atoms with Crippen molar-refractivity contribution in [1.82, 2.24) is 15.5 Å². The number of benzene rings is 1. The van der Waals surface area contributed by atoms with E-state index in [9.17, 15) is 19.2 Å². The molecule has 0 saturated carbocycles. The molecule has 0 saturated heterocycles. The van der Waals surface area contributed by atoms with Gasteiger partial charge in [0, 0.05) is 12.1 Å². The topological polar surface area (TPSA) is 131 Å². The Morgan fingerprint density at radius 3 is 2.05 bits per heavy atom. The van der Waals surface area contributed by atoms with Gasteiger partial charge in [0.2, 0.25) is 17.7 Å². The lowest BCUT2D eigenvalue weighted by atomic mass is 9.96. The molecule has 40 heavy (non-hydrogen) atoms. The number of ether oxygens (including phenoxy) is 1. The molecule has 4 amide bonds. The number of rotatable bonds is 14. The van der Waals surface area contributed by atoms with Crippen LogP contribution in [0.4, 0.5) is 4.79 Å². The lowest BCUT2D eigenvalue weighted by molar-refractivity contribution is -0.144. The molecule has 0 radical (unpaired) electrons. The molecule has 1 rings (SSSR count). The van der Waals surface area contributed by atoms with E-state index in [0.717, 1.165) is 43.2 Å². The van der Waals surface area contributed by atoms with Gasteiger partial charge in [-0.15, -0.1) is 0 Å². The molecule has 4 N–H and O–H groups in total. The molecule has 226 valence electrons. The van der Waals surface area contributed by atoms with E-state index in [2.05, 4.69) is 17.6 Å². The molecule has 0 fully saturated rings. The third-order valence-electron chi connectivity index (χ3n) is 6.33. The maximum Gasteiger partial charge on any atom is 0.408 e. The second-order valence-corrected chi connectivity index (χ2v) is 12.7. The summed E-state index contributed by atoms with van der Waals surface area (Å²) in [7, 11) is 0. The van der Waals surface area contributed by atoms with Crippen molar-refractivity contribution >= 4 is 23.8 Å². The summed E-state index contributed by atoms with van der Waals surface area (Å²) in [6.07, 6.45) is 4.65. The van der Waals surface area contributed by atoms with Crippen molar-refractivity contribution in [2.45, 2.75) is 130 Å². The fraction of sp³-hybridized carbons (Fsp3) is 0.677. The number of amides is 4. The monoisotopic (exact) mass is 560 g/mol. The number of hydrogen-bond acceptors (Lipinski definition) is 5. The van der Waals surface area contributed by atoms with Crippen LogP contribution in [0.15, 0.2) is 18.2 Å². The molecule has 9 heteroatoms. The zero-order valence-corrected chi connectivity index (χ0v) is 26.1. The SMILES string of the molecule is CCCCCCCCN(C(=O)C(CC(N)=O)NC(=O)OC(C)(C)C)C(C(=O)NC(C)(C)C)c1ccc(C)c(C)c1. The number of nitrogens with zero attached hydrogens (tertiary/aromatic N) is 1. The van der Waals surface area contributed by atoms with Crippen molar-refractivity contribution in [1.29, 1.82) is 0 Å². The van der Waals surface area contributed by atoms with Crippen molar-refractivity contribution in [2.24, 2.45) is 5.73 Å². The highest BCUT2D eigenvalue weighted by Crippen LogP contribution is 2.27. The van der Waals surface area contributed by atoms with Crippen molar-refractivity contribution in [3.63, 3.8) is 0 Å². The zero-order chi connectivity index (χ0) is 30.7. The van der Waals surface area contributed by atoms with Crippen LogP contribution < -0.4 is 16.4 Å². The predicted molar refractivity (Wildman–Crippen MR) is 159 cm³/mol. The number of carbonyl (C=O) groups excluding carboxylic acids is 4. The third-order valence-corrected chi connectivity index (χ3v) is 6.33. The summed E-state index contributed by atoms with van der Waals surface area (Å²) >= 11 is 0. The second kappa shape index (κ2) is 15.6. The van der Waals surface area contributed by atoms with Crippen LogP contribution in [0.2, 0.25) is 0 Å². The molecule has 9 nitrogen and oxygen atoms in total. The number of alkyl carbamates (subject to hydrolysis) is 1. The van der Waals surface area contributed by atoms with Crippen LogP contribution in [0.3, 0.4) is 0 Å². The third kappa shape index (κ3) is 12.8. The van der Waals surface area contributed by atoms with Gasteiger partial charge in [-0.05, 0) is 78.5 Å². The highest BCUT2D eigenvalue weighted by molar-refractivity contribution is 5.94. The van der Waals surface area contributed by atoms with Gasteiger partial charge < -0.3 is 26.0 Å². The summed E-state index contributed by atoms with van der Waals surface area (Å²) in [5.41, 5.74) is 6.83. The molecule has 0 aliphatic heterocycles. The number of nitrogens with one attached hydrogen (secondary N) is 2. The summed E-state index contributed by atoms with van der Waals surface area (Å²) in [5, 5.41) is 5.55. The summed E-state index contributed by atoms with van der Waals surface area (Å²) in [5.74, 6) is -1.66. The maximum atomic E-state index is 14.2. The molecule has 0 spiro atoms. The molecule has 0 bridgehead atoms. The first kappa shape index (κ1) is 34.9. The number of unbranched alkanes of at least 4 members (excludes halogenated alkanes) is 5. The first-order valence-corrected chi connectivity index (χ1v) is 14.4. The summed E-state index contributed by atoms with van der Waals surface area (Å²) in [6, 6.07) is 3.42. The van der Waals surface area contributed by atoms with Gasteiger partial charge in [-0.1, -0.05) is 57.2 Å². The Kier molecular flexibility index (Phi) is 13.6.